The molecule has 1 amide bonds. The fraction of sp³-hybridized carbons (Fsp3) is 0.462. The van der Waals surface area contributed by atoms with E-state index in [1.807, 2.05) is 13.8 Å². The highest BCUT2D eigenvalue weighted by Gasteiger charge is 2.23. The molecule has 0 spiro atoms. The fourth-order valence-electron chi connectivity index (χ4n) is 1.77. The standard InChI is InChI=1S/C13H19N3O3/c1-4-9(2)8-15(3)13(17)11-7-10(14)5-6-12(11)16(18)19/h5-7,9H,4,8,14H2,1-3H3. The second kappa shape index (κ2) is 6.17. The molecule has 2 N–H and O–H groups in total. The summed E-state index contributed by atoms with van der Waals surface area (Å²) in [4.78, 5) is 24.1. The first-order valence-electron chi connectivity index (χ1n) is 6.16. The Kier molecular flexibility index (Phi) is 4.86. The number of amides is 1. The molecule has 0 radical (unpaired) electrons. The quantitative estimate of drug-likeness (QED) is 0.502. The summed E-state index contributed by atoms with van der Waals surface area (Å²) >= 11 is 0. The number of rotatable bonds is 5. The molecule has 1 rings (SSSR count). The van der Waals surface area contributed by atoms with Crippen molar-refractivity contribution in [2.24, 2.45) is 5.92 Å². The summed E-state index contributed by atoms with van der Waals surface area (Å²) in [5, 5.41) is 10.9. The summed E-state index contributed by atoms with van der Waals surface area (Å²) in [6.45, 7) is 4.62. The largest absolute Gasteiger partial charge is 0.399 e. The molecule has 1 unspecified atom stereocenters. The Bertz CT molecular complexity index is 488. The number of carbonyl (C=O) groups is 1. The van der Waals surface area contributed by atoms with Crippen LogP contribution in [0.5, 0.6) is 0 Å². The van der Waals surface area contributed by atoms with Crippen molar-refractivity contribution in [3.05, 3.63) is 33.9 Å². The molecule has 6 heteroatoms. The van der Waals surface area contributed by atoms with Crippen LogP contribution in [0, 0.1) is 16.0 Å². The van der Waals surface area contributed by atoms with Gasteiger partial charge in [-0.05, 0) is 18.1 Å². The third-order valence-electron chi connectivity index (χ3n) is 3.08. The maximum absolute atomic E-state index is 12.2. The van der Waals surface area contributed by atoms with Crippen LogP contribution >= 0.6 is 0 Å². The van der Waals surface area contributed by atoms with Gasteiger partial charge in [0.25, 0.3) is 11.6 Å². The summed E-state index contributed by atoms with van der Waals surface area (Å²) in [6.07, 6.45) is 0.941. The number of hydrogen-bond acceptors (Lipinski definition) is 4. The van der Waals surface area contributed by atoms with Crippen molar-refractivity contribution in [3.8, 4) is 0 Å². The van der Waals surface area contributed by atoms with E-state index in [0.717, 1.165) is 6.42 Å². The van der Waals surface area contributed by atoms with Gasteiger partial charge >= 0.3 is 0 Å². The number of anilines is 1. The van der Waals surface area contributed by atoms with Crippen LogP contribution in [0.2, 0.25) is 0 Å². The Balaban J connectivity index is 3.04. The van der Waals surface area contributed by atoms with E-state index in [2.05, 4.69) is 0 Å². The summed E-state index contributed by atoms with van der Waals surface area (Å²) in [5.41, 5.74) is 5.76. The van der Waals surface area contributed by atoms with E-state index in [9.17, 15) is 14.9 Å². The van der Waals surface area contributed by atoms with E-state index in [-0.39, 0.29) is 17.2 Å². The van der Waals surface area contributed by atoms with Crippen molar-refractivity contribution in [3.63, 3.8) is 0 Å². The average Bonchev–Trinajstić information content (AvgIpc) is 2.36. The Morgan fingerprint density at radius 1 is 1.53 bits per heavy atom. The minimum atomic E-state index is -0.566. The zero-order valence-corrected chi connectivity index (χ0v) is 11.4. The number of nitrogens with two attached hydrogens (primary N) is 1. The van der Waals surface area contributed by atoms with Crippen LogP contribution in [0.15, 0.2) is 18.2 Å². The highest BCUT2D eigenvalue weighted by molar-refractivity contribution is 5.98. The highest BCUT2D eigenvalue weighted by atomic mass is 16.6. The Morgan fingerprint density at radius 2 is 2.16 bits per heavy atom. The lowest BCUT2D eigenvalue weighted by Gasteiger charge is -2.20. The molecular weight excluding hydrogens is 246 g/mol. The molecule has 0 aliphatic carbocycles. The van der Waals surface area contributed by atoms with Crippen molar-refractivity contribution in [2.45, 2.75) is 20.3 Å². The third kappa shape index (κ3) is 3.67. The molecule has 6 nitrogen and oxygen atoms in total. The molecule has 1 aromatic rings. The van der Waals surface area contributed by atoms with Gasteiger partial charge in [-0.1, -0.05) is 20.3 Å². The second-order valence-electron chi connectivity index (χ2n) is 4.73. The number of nitro groups is 1. The number of nitrogen functional groups attached to an aromatic ring is 1. The predicted octanol–water partition coefficient (Wildman–Crippen LogP) is 2.30. The lowest BCUT2D eigenvalue weighted by atomic mass is 10.1. The minimum Gasteiger partial charge on any atom is -0.399 e. The maximum atomic E-state index is 12.2. The second-order valence-corrected chi connectivity index (χ2v) is 4.73. The van der Waals surface area contributed by atoms with Crippen LogP contribution in [-0.4, -0.2) is 29.3 Å². The zero-order valence-electron chi connectivity index (χ0n) is 11.4. The molecule has 0 fully saturated rings. The van der Waals surface area contributed by atoms with Gasteiger partial charge in [0.1, 0.15) is 5.56 Å². The van der Waals surface area contributed by atoms with Crippen molar-refractivity contribution in [2.75, 3.05) is 19.3 Å². The first-order valence-corrected chi connectivity index (χ1v) is 6.16. The van der Waals surface area contributed by atoms with Gasteiger partial charge in [-0.25, -0.2) is 0 Å². The van der Waals surface area contributed by atoms with Crippen LogP contribution in [-0.2, 0) is 0 Å². The Labute approximate surface area is 112 Å². The van der Waals surface area contributed by atoms with E-state index < -0.39 is 4.92 Å². The monoisotopic (exact) mass is 265 g/mol. The van der Waals surface area contributed by atoms with Gasteiger partial charge in [0.2, 0.25) is 0 Å². The zero-order chi connectivity index (χ0) is 14.6. The van der Waals surface area contributed by atoms with Gasteiger partial charge < -0.3 is 10.6 Å². The third-order valence-corrected chi connectivity index (χ3v) is 3.08. The van der Waals surface area contributed by atoms with E-state index in [1.165, 1.54) is 23.1 Å². The summed E-state index contributed by atoms with van der Waals surface area (Å²) in [5.74, 6) is -0.0339. The fourth-order valence-corrected chi connectivity index (χ4v) is 1.77. The number of nitro benzene ring substituents is 1. The molecule has 0 aliphatic heterocycles. The summed E-state index contributed by atoms with van der Waals surface area (Å²) in [7, 11) is 1.64. The molecule has 19 heavy (non-hydrogen) atoms. The van der Waals surface area contributed by atoms with E-state index in [4.69, 9.17) is 5.73 Å². The average molecular weight is 265 g/mol. The maximum Gasteiger partial charge on any atom is 0.282 e. The Morgan fingerprint density at radius 3 is 2.68 bits per heavy atom. The normalized spacial score (nSPS) is 11.9. The molecule has 0 aromatic heterocycles. The van der Waals surface area contributed by atoms with E-state index in [0.29, 0.717) is 18.2 Å². The van der Waals surface area contributed by atoms with Crippen molar-refractivity contribution < 1.29 is 9.72 Å². The van der Waals surface area contributed by atoms with Crippen LogP contribution in [0.1, 0.15) is 30.6 Å². The first-order chi connectivity index (χ1) is 8.86. The van der Waals surface area contributed by atoms with Crippen LogP contribution < -0.4 is 5.73 Å². The molecule has 1 atom stereocenters. The van der Waals surface area contributed by atoms with Crippen molar-refractivity contribution in [1.29, 1.82) is 0 Å². The molecule has 0 bridgehead atoms. The molecule has 104 valence electrons. The molecule has 0 saturated carbocycles. The topological polar surface area (TPSA) is 89.5 Å². The molecule has 1 aromatic carbocycles. The van der Waals surface area contributed by atoms with Crippen LogP contribution in [0.25, 0.3) is 0 Å². The van der Waals surface area contributed by atoms with Gasteiger partial charge in [0, 0.05) is 25.3 Å². The molecular formula is C13H19N3O3. The number of carbonyl (C=O) groups excluding carboxylic acids is 1. The van der Waals surface area contributed by atoms with E-state index in [1.54, 1.807) is 7.05 Å². The smallest absolute Gasteiger partial charge is 0.282 e. The Hall–Kier alpha value is -2.11. The van der Waals surface area contributed by atoms with Gasteiger partial charge in [-0.2, -0.15) is 0 Å². The number of nitrogens with zero attached hydrogens (tertiary/aromatic N) is 2. The van der Waals surface area contributed by atoms with Gasteiger partial charge in [-0.3, -0.25) is 14.9 Å². The van der Waals surface area contributed by atoms with E-state index >= 15 is 0 Å². The lowest BCUT2D eigenvalue weighted by molar-refractivity contribution is -0.385. The SMILES string of the molecule is CCC(C)CN(C)C(=O)c1cc(N)ccc1[N+](=O)[O-]. The minimum absolute atomic E-state index is 0.0378. The highest BCUT2D eigenvalue weighted by Crippen LogP contribution is 2.22. The number of benzene rings is 1. The van der Waals surface area contributed by atoms with Crippen LogP contribution in [0.4, 0.5) is 11.4 Å². The van der Waals surface area contributed by atoms with Crippen molar-refractivity contribution in [1.82, 2.24) is 4.90 Å². The molecule has 0 saturated heterocycles. The van der Waals surface area contributed by atoms with Crippen molar-refractivity contribution >= 4 is 17.3 Å². The molecule has 0 aliphatic rings. The lowest BCUT2D eigenvalue weighted by Crippen LogP contribution is -2.31. The first kappa shape index (κ1) is 14.9. The summed E-state index contributed by atoms with van der Waals surface area (Å²) in [6, 6.07) is 4.04. The molecule has 0 heterocycles. The van der Waals surface area contributed by atoms with Crippen LogP contribution in [0.3, 0.4) is 0 Å². The van der Waals surface area contributed by atoms with Gasteiger partial charge in [0.15, 0.2) is 0 Å². The summed E-state index contributed by atoms with van der Waals surface area (Å²) < 4.78 is 0. The number of hydrogen-bond donors (Lipinski definition) is 1. The predicted molar refractivity (Wildman–Crippen MR) is 73.9 cm³/mol. The van der Waals surface area contributed by atoms with Gasteiger partial charge in [0.05, 0.1) is 4.92 Å². The van der Waals surface area contributed by atoms with Gasteiger partial charge in [-0.15, -0.1) is 0 Å².